The number of carbonyl (C=O) groups is 2. The Morgan fingerprint density at radius 1 is 1.10 bits per heavy atom. The molecule has 9 nitrogen and oxygen atoms in total. The Balaban J connectivity index is 1.57. The molecule has 152 valence electrons. The van der Waals surface area contributed by atoms with E-state index in [1.54, 1.807) is 28.8 Å². The number of fused-ring (bicyclic) bond motifs is 1. The number of ether oxygens (including phenoxy) is 1. The van der Waals surface area contributed by atoms with Gasteiger partial charge in [0.1, 0.15) is 0 Å². The lowest BCUT2D eigenvalue weighted by atomic mass is 10.1. The Bertz CT molecular complexity index is 1190. The maximum Gasteiger partial charge on any atom is 0.332 e. The highest BCUT2D eigenvalue weighted by Gasteiger charge is 2.15. The first-order chi connectivity index (χ1) is 13.8. The maximum atomic E-state index is 12.4. The molecule has 0 fully saturated rings. The fraction of sp³-hybridized carbons (Fsp3) is 0.316. The fourth-order valence-electron chi connectivity index (χ4n) is 2.90. The quantitative estimate of drug-likeness (QED) is 0.423. The van der Waals surface area contributed by atoms with Crippen molar-refractivity contribution < 1.29 is 14.3 Å². The highest BCUT2D eigenvalue weighted by molar-refractivity contribution is 6.30. The summed E-state index contributed by atoms with van der Waals surface area (Å²) in [4.78, 5) is 52.3. The minimum absolute atomic E-state index is 0.0691. The number of esters is 1. The highest BCUT2D eigenvalue weighted by atomic mass is 35.5. The molecule has 10 heteroatoms. The summed E-state index contributed by atoms with van der Waals surface area (Å²) < 4.78 is 8.92. The lowest BCUT2D eigenvalue weighted by molar-refractivity contribution is -0.142. The summed E-state index contributed by atoms with van der Waals surface area (Å²) in [6, 6.07) is 6.31. The van der Waals surface area contributed by atoms with Gasteiger partial charge in [-0.1, -0.05) is 11.6 Å². The van der Waals surface area contributed by atoms with Crippen molar-refractivity contribution in [2.24, 2.45) is 14.1 Å². The van der Waals surface area contributed by atoms with Crippen LogP contribution in [-0.4, -0.2) is 37.0 Å². The number of Topliss-reactive ketones (excluding diaryl/α,β-unsaturated/α-hetero) is 1. The van der Waals surface area contributed by atoms with Crippen LogP contribution in [0.5, 0.6) is 0 Å². The second kappa shape index (κ2) is 8.44. The first-order valence-electron chi connectivity index (χ1n) is 8.85. The smallest absolute Gasteiger partial charge is 0.332 e. The number of hydrogen-bond acceptors (Lipinski definition) is 6. The molecule has 0 saturated carbocycles. The van der Waals surface area contributed by atoms with Crippen molar-refractivity contribution in [3.63, 3.8) is 0 Å². The van der Waals surface area contributed by atoms with Gasteiger partial charge in [-0.05, 0) is 30.7 Å². The molecule has 0 atom stereocenters. The molecule has 0 N–H and O–H groups in total. The number of hydrogen-bond donors (Lipinski definition) is 0. The third kappa shape index (κ3) is 4.29. The number of imidazole rings is 1. The summed E-state index contributed by atoms with van der Waals surface area (Å²) >= 11 is 5.77. The van der Waals surface area contributed by atoms with Crippen molar-refractivity contribution in [1.29, 1.82) is 0 Å². The summed E-state index contributed by atoms with van der Waals surface area (Å²) in [5.74, 6) is -0.836. The largest absolute Gasteiger partial charge is 0.457 e. The normalized spacial score (nSPS) is 11.0. The number of halogens is 1. The van der Waals surface area contributed by atoms with Crippen molar-refractivity contribution in [2.75, 3.05) is 6.61 Å². The van der Waals surface area contributed by atoms with Gasteiger partial charge >= 0.3 is 11.7 Å². The van der Waals surface area contributed by atoms with E-state index in [9.17, 15) is 19.2 Å². The van der Waals surface area contributed by atoms with Crippen molar-refractivity contribution >= 4 is 34.5 Å². The summed E-state index contributed by atoms with van der Waals surface area (Å²) in [6.07, 6.45) is 1.91. The lowest BCUT2D eigenvalue weighted by Gasteiger charge is -2.07. The zero-order chi connectivity index (χ0) is 21.1. The Hall–Kier alpha value is -3.20. The van der Waals surface area contributed by atoms with E-state index in [0.29, 0.717) is 29.1 Å². The highest BCUT2D eigenvalue weighted by Crippen LogP contribution is 2.11. The molecular formula is C19H19ClN4O5. The Morgan fingerprint density at radius 3 is 2.48 bits per heavy atom. The van der Waals surface area contributed by atoms with Crippen molar-refractivity contribution in [2.45, 2.75) is 19.4 Å². The average Bonchev–Trinajstić information content (AvgIpc) is 3.13. The molecule has 1 aromatic carbocycles. The maximum absolute atomic E-state index is 12.4. The molecular weight excluding hydrogens is 400 g/mol. The van der Waals surface area contributed by atoms with Gasteiger partial charge in [-0.25, -0.2) is 9.78 Å². The number of nitrogens with zero attached hydrogens (tertiary/aromatic N) is 4. The van der Waals surface area contributed by atoms with Gasteiger partial charge in [0.2, 0.25) is 0 Å². The van der Waals surface area contributed by atoms with Crippen LogP contribution < -0.4 is 11.2 Å². The molecule has 0 unspecified atom stereocenters. The van der Waals surface area contributed by atoms with E-state index in [1.807, 2.05) is 0 Å². The second-order valence-electron chi connectivity index (χ2n) is 6.51. The molecule has 0 aliphatic rings. The lowest BCUT2D eigenvalue weighted by Crippen LogP contribution is -2.37. The van der Waals surface area contributed by atoms with Crippen molar-refractivity contribution in [1.82, 2.24) is 18.7 Å². The first-order valence-corrected chi connectivity index (χ1v) is 9.22. The summed E-state index contributed by atoms with van der Waals surface area (Å²) in [6.45, 7) is -0.0126. The minimum atomic E-state index is -0.517. The van der Waals surface area contributed by atoms with Gasteiger partial charge < -0.3 is 9.30 Å². The van der Waals surface area contributed by atoms with Crippen LogP contribution in [0.4, 0.5) is 0 Å². The van der Waals surface area contributed by atoms with E-state index >= 15 is 0 Å². The van der Waals surface area contributed by atoms with Crippen molar-refractivity contribution in [3.05, 3.63) is 62.0 Å². The van der Waals surface area contributed by atoms with E-state index in [-0.39, 0.29) is 24.5 Å². The van der Waals surface area contributed by atoms with Crippen LogP contribution in [0.25, 0.3) is 11.2 Å². The predicted molar refractivity (Wildman–Crippen MR) is 106 cm³/mol. The molecule has 3 aromatic rings. The second-order valence-corrected chi connectivity index (χ2v) is 6.95. The van der Waals surface area contributed by atoms with Crippen LogP contribution in [0.3, 0.4) is 0 Å². The van der Waals surface area contributed by atoms with Crippen LogP contribution in [0.15, 0.2) is 40.2 Å². The molecule has 0 aliphatic heterocycles. The summed E-state index contributed by atoms with van der Waals surface area (Å²) in [5.41, 5.74) is 0.0853. The van der Waals surface area contributed by atoms with Gasteiger partial charge in [0.05, 0.1) is 6.33 Å². The fourth-order valence-corrected chi connectivity index (χ4v) is 3.02. The molecule has 0 saturated heterocycles. The van der Waals surface area contributed by atoms with E-state index in [1.165, 1.54) is 25.0 Å². The zero-order valence-electron chi connectivity index (χ0n) is 15.9. The standard InChI is InChI=1S/C19H19ClN4O5/c1-22-17-16(18(27)23(2)19(22)28)24(11-21-17)9-3-4-15(26)29-10-14(25)12-5-7-13(20)8-6-12/h5-8,11H,3-4,9-10H2,1-2H3. The van der Waals surface area contributed by atoms with Gasteiger partial charge in [0.25, 0.3) is 5.56 Å². The van der Waals surface area contributed by atoms with Gasteiger partial charge in [-0.15, -0.1) is 0 Å². The number of aryl methyl sites for hydroxylation is 2. The van der Waals surface area contributed by atoms with Crippen LogP contribution in [0, 0.1) is 0 Å². The number of rotatable bonds is 7. The molecule has 0 amide bonds. The SMILES string of the molecule is Cn1c(=O)c2c(ncn2CCCC(=O)OCC(=O)c2ccc(Cl)cc2)n(C)c1=O. The van der Waals surface area contributed by atoms with Gasteiger partial charge in [-0.3, -0.25) is 23.5 Å². The van der Waals surface area contributed by atoms with Crippen molar-refractivity contribution in [3.8, 4) is 0 Å². The van der Waals surface area contributed by atoms with Crippen LogP contribution in [-0.2, 0) is 30.2 Å². The molecule has 0 aliphatic carbocycles. The van der Waals surface area contributed by atoms with Gasteiger partial charge in [0, 0.05) is 37.6 Å². The number of carbonyl (C=O) groups excluding carboxylic acids is 2. The van der Waals surface area contributed by atoms with E-state index in [2.05, 4.69) is 4.98 Å². The Morgan fingerprint density at radius 2 is 1.79 bits per heavy atom. The van der Waals surface area contributed by atoms with E-state index in [4.69, 9.17) is 16.3 Å². The van der Waals surface area contributed by atoms with Gasteiger partial charge in [-0.2, -0.15) is 0 Å². The zero-order valence-corrected chi connectivity index (χ0v) is 16.7. The minimum Gasteiger partial charge on any atom is -0.457 e. The third-order valence-corrected chi connectivity index (χ3v) is 4.78. The topological polar surface area (TPSA) is 105 Å². The van der Waals surface area contributed by atoms with Crippen LogP contribution >= 0.6 is 11.6 Å². The first kappa shape index (κ1) is 20.5. The predicted octanol–water partition coefficient (Wildman–Crippen LogP) is 1.29. The monoisotopic (exact) mass is 418 g/mol. The Labute approximate surface area is 170 Å². The average molecular weight is 419 g/mol. The van der Waals surface area contributed by atoms with Crippen LogP contribution in [0.1, 0.15) is 23.2 Å². The van der Waals surface area contributed by atoms with Crippen LogP contribution in [0.2, 0.25) is 5.02 Å². The number of ketones is 1. The Kier molecular flexibility index (Phi) is 5.97. The molecule has 2 aromatic heterocycles. The molecule has 29 heavy (non-hydrogen) atoms. The number of benzene rings is 1. The number of aromatic nitrogens is 4. The van der Waals surface area contributed by atoms with E-state index in [0.717, 1.165) is 4.57 Å². The van der Waals surface area contributed by atoms with Gasteiger partial charge in [0.15, 0.2) is 23.6 Å². The molecule has 0 spiro atoms. The summed E-state index contributed by atoms with van der Waals surface area (Å²) in [5, 5.41) is 0.514. The summed E-state index contributed by atoms with van der Waals surface area (Å²) in [7, 11) is 2.94. The molecule has 3 rings (SSSR count). The molecule has 0 bridgehead atoms. The molecule has 0 radical (unpaired) electrons. The molecule has 2 heterocycles. The third-order valence-electron chi connectivity index (χ3n) is 4.53. The van der Waals surface area contributed by atoms with E-state index < -0.39 is 17.2 Å².